The van der Waals surface area contributed by atoms with Crippen molar-refractivity contribution in [1.29, 1.82) is 0 Å². The van der Waals surface area contributed by atoms with Crippen molar-refractivity contribution in [3.8, 4) is 11.8 Å². The smallest absolute Gasteiger partial charge is 0.160 e. The predicted octanol–water partition coefficient (Wildman–Crippen LogP) is 1.51. The molecule has 1 heteroatoms. The molecule has 0 bridgehead atoms. The second-order valence-corrected chi connectivity index (χ2v) is 1.68. The molecule has 0 spiro atoms. The van der Waals surface area contributed by atoms with Gasteiger partial charge in [-0.3, -0.25) is 0 Å². The molecule has 1 rings (SSSR count). The van der Waals surface area contributed by atoms with Crippen LogP contribution >= 0.6 is 0 Å². The lowest BCUT2D eigenvalue weighted by molar-refractivity contribution is 0.378. The molecular formula is C6H7F. The van der Waals surface area contributed by atoms with E-state index < -0.39 is 6.17 Å². The predicted molar refractivity (Wildman–Crippen MR) is 26.5 cm³/mol. The highest BCUT2D eigenvalue weighted by Gasteiger charge is 2.02. The second kappa shape index (κ2) is 1.97. The van der Waals surface area contributed by atoms with Crippen molar-refractivity contribution >= 4 is 0 Å². The Bertz CT molecular complexity index is 107. The number of alkyl halides is 1. The summed E-state index contributed by atoms with van der Waals surface area (Å²) in [7, 11) is 0. The maximum Gasteiger partial charge on any atom is 0.160 e. The molecule has 0 radical (unpaired) electrons. The summed E-state index contributed by atoms with van der Waals surface area (Å²) in [4.78, 5) is 0. The third-order valence-corrected chi connectivity index (χ3v) is 1.02. The van der Waals surface area contributed by atoms with E-state index in [1.54, 1.807) is 0 Å². The van der Waals surface area contributed by atoms with E-state index in [0.717, 1.165) is 12.8 Å². The molecule has 0 saturated carbocycles. The van der Waals surface area contributed by atoms with Gasteiger partial charge < -0.3 is 0 Å². The third kappa shape index (κ3) is 1.19. The third-order valence-electron chi connectivity index (χ3n) is 1.02. The SMILES string of the molecule is FC1C#CCCC1. The van der Waals surface area contributed by atoms with Crippen LogP contribution in [0.25, 0.3) is 0 Å². The number of rotatable bonds is 0. The lowest BCUT2D eigenvalue weighted by Crippen LogP contribution is -1.98. The van der Waals surface area contributed by atoms with Gasteiger partial charge in [0.25, 0.3) is 0 Å². The minimum atomic E-state index is -0.825. The maximum atomic E-state index is 12.0. The Kier molecular flexibility index (Phi) is 1.31. The first-order valence-electron chi connectivity index (χ1n) is 2.52. The first-order valence-corrected chi connectivity index (χ1v) is 2.52. The van der Waals surface area contributed by atoms with Crippen LogP contribution in [-0.4, -0.2) is 6.17 Å². The molecule has 0 aromatic rings. The molecule has 0 aliphatic heterocycles. The summed E-state index contributed by atoms with van der Waals surface area (Å²) in [5.74, 6) is 5.17. The molecule has 0 amide bonds. The van der Waals surface area contributed by atoms with Crippen LogP contribution in [0.4, 0.5) is 4.39 Å². The van der Waals surface area contributed by atoms with Crippen molar-refractivity contribution < 1.29 is 4.39 Å². The summed E-state index contributed by atoms with van der Waals surface area (Å²) in [6.45, 7) is 0. The minimum Gasteiger partial charge on any atom is -0.233 e. The molecule has 7 heavy (non-hydrogen) atoms. The highest BCUT2D eigenvalue weighted by molar-refractivity contribution is 5.07. The molecule has 0 heterocycles. The molecule has 0 aromatic heterocycles. The Morgan fingerprint density at radius 3 is 2.71 bits per heavy atom. The Morgan fingerprint density at radius 2 is 2.43 bits per heavy atom. The van der Waals surface area contributed by atoms with Crippen molar-refractivity contribution in [3.05, 3.63) is 0 Å². The second-order valence-electron chi connectivity index (χ2n) is 1.68. The molecule has 0 saturated heterocycles. The Hall–Kier alpha value is -0.510. The van der Waals surface area contributed by atoms with Gasteiger partial charge in [0.1, 0.15) is 0 Å². The van der Waals surface area contributed by atoms with Crippen LogP contribution < -0.4 is 0 Å². The molecule has 0 fully saturated rings. The van der Waals surface area contributed by atoms with Gasteiger partial charge in [0.05, 0.1) is 0 Å². The standard InChI is InChI=1S/C6H7F/c7-6-4-2-1-3-5-6/h6H,1-2,4H2. The average Bonchev–Trinajstić information content (AvgIpc) is 1.69. The monoisotopic (exact) mass is 98.1 g/mol. The normalized spacial score (nSPS) is 28.4. The molecule has 0 N–H and O–H groups in total. The Labute approximate surface area is 42.7 Å². The lowest BCUT2D eigenvalue weighted by Gasteiger charge is -2.00. The highest BCUT2D eigenvalue weighted by atomic mass is 19.1. The van der Waals surface area contributed by atoms with Crippen LogP contribution in [-0.2, 0) is 0 Å². The zero-order chi connectivity index (χ0) is 5.11. The Balaban J connectivity index is 2.45. The molecule has 1 aliphatic carbocycles. The van der Waals surface area contributed by atoms with E-state index in [4.69, 9.17) is 0 Å². The van der Waals surface area contributed by atoms with Crippen molar-refractivity contribution in [2.24, 2.45) is 0 Å². The summed E-state index contributed by atoms with van der Waals surface area (Å²) >= 11 is 0. The van der Waals surface area contributed by atoms with Gasteiger partial charge in [-0.25, -0.2) is 4.39 Å². The summed E-state index contributed by atoms with van der Waals surface area (Å²) in [6.07, 6.45) is 1.65. The van der Waals surface area contributed by atoms with E-state index >= 15 is 0 Å². The fourth-order valence-electron chi connectivity index (χ4n) is 0.625. The zero-order valence-electron chi connectivity index (χ0n) is 4.08. The van der Waals surface area contributed by atoms with Crippen LogP contribution in [0.2, 0.25) is 0 Å². The van der Waals surface area contributed by atoms with E-state index in [9.17, 15) is 4.39 Å². The molecule has 1 atom stereocenters. The van der Waals surface area contributed by atoms with Gasteiger partial charge >= 0.3 is 0 Å². The molecular weight excluding hydrogens is 91.1 g/mol. The van der Waals surface area contributed by atoms with E-state index in [-0.39, 0.29) is 0 Å². The largest absolute Gasteiger partial charge is 0.233 e. The molecule has 0 aromatic carbocycles. The molecule has 0 nitrogen and oxygen atoms in total. The lowest BCUT2D eigenvalue weighted by atomic mass is 10.1. The number of hydrogen-bond donors (Lipinski definition) is 0. The van der Waals surface area contributed by atoms with Gasteiger partial charge in [0, 0.05) is 6.42 Å². The van der Waals surface area contributed by atoms with Crippen LogP contribution in [0.1, 0.15) is 19.3 Å². The van der Waals surface area contributed by atoms with Crippen molar-refractivity contribution in [2.45, 2.75) is 25.4 Å². The zero-order valence-corrected chi connectivity index (χ0v) is 4.08. The fourth-order valence-corrected chi connectivity index (χ4v) is 0.625. The Morgan fingerprint density at radius 1 is 1.57 bits per heavy atom. The van der Waals surface area contributed by atoms with E-state index in [0.29, 0.717) is 6.42 Å². The summed E-state index contributed by atoms with van der Waals surface area (Å²) in [5.41, 5.74) is 0. The first kappa shape index (κ1) is 4.64. The van der Waals surface area contributed by atoms with Crippen LogP contribution in [0.15, 0.2) is 0 Å². The minimum absolute atomic E-state index is 0.646. The summed E-state index contributed by atoms with van der Waals surface area (Å²) < 4.78 is 12.0. The van der Waals surface area contributed by atoms with Gasteiger partial charge in [-0.1, -0.05) is 5.92 Å². The van der Waals surface area contributed by atoms with Crippen molar-refractivity contribution in [2.75, 3.05) is 0 Å². The molecule has 1 unspecified atom stereocenters. The van der Waals surface area contributed by atoms with Gasteiger partial charge in [-0.15, -0.1) is 5.92 Å². The summed E-state index contributed by atoms with van der Waals surface area (Å²) in [6, 6.07) is 0. The quantitative estimate of drug-likeness (QED) is 0.403. The van der Waals surface area contributed by atoms with E-state index in [1.165, 1.54) is 0 Å². The van der Waals surface area contributed by atoms with Crippen LogP contribution in [0.3, 0.4) is 0 Å². The van der Waals surface area contributed by atoms with Crippen molar-refractivity contribution in [1.82, 2.24) is 0 Å². The number of hydrogen-bond acceptors (Lipinski definition) is 0. The highest BCUT2D eigenvalue weighted by Crippen LogP contribution is 2.06. The molecule has 38 valence electrons. The number of halogens is 1. The van der Waals surface area contributed by atoms with E-state index in [1.807, 2.05) is 0 Å². The first-order chi connectivity index (χ1) is 3.39. The maximum absolute atomic E-state index is 12.0. The van der Waals surface area contributed by atoms with Crippen LogP contribution in [0, 0.1) is 11.8 Å². The van der Waals surface area contributed by atoms with E-state index in [2.05, 4.69) is 11.8 Å². The van der Waals surface area contributed by atoms with Crippen LogP contribution in [0.5, 0.6) is 0 Å². The van der Waals surface area contributed by atoms with Crippen molar-refractivity contribution in [3.63, 3.8) is 0 Å². The van der Waals surface area contributed by atoms with Gasteiger partial charge in [0.15, 0.2) is 6.17 Å². The average molecular weight is 98.1 g/mol. The molecule has 1 aliphatic rings. The van der Waals surface area contributed by atoms with Gasteiger partial charge in [0.2, 0.25) is 0 Å². The van der Waals surface area contributed by atoms with Gasteiger partial charge in [-0.2, -0.15) is 0 Å². The topological polar surface area (TPSA) is 0 Å². The summed E-state index contributed by atoms with van der Waals surface area (Å²) in [5, 5.41) is 0. The van der Waals surface area contributed by atoms with Gasteiger partial charge in [-0.05, 0) is 12.8 Å². The fraction of sp³-hybridized carbons (Fsp3) is 0.667.